The molecule has 1 N–H and O–H groups in total. The van der Waals surface area contributed by atoms with Crippen LogP contribution in [0, 0.1) is 5.92 Å². The molecule has 5 heteroatoms. The lowest BCUT2D eigenvalue weighted by molar-refractivity contribution is -0.00294. The van der Waals surface area contributed by atoms with Gasteiger partial charge in [0.1, 0.15) is 5.03 Å². The summed E-state index contributed by atoms with van der Waals surface area (Å²) in [5, 5.41) is 3.67. The van der Waals surface area contributed by atoms with Gasteiger partial charge in [0.25, 0.3) is 5.91 Å². The lowest BCUT2D eigenvalue weighted by Gasteiger charge is -2.28. The monoisotopic (exact) mass is 308 g/mol. The van der Waals surface area contributed by atoms with Crippen molar-refractivity contribution in [2.24, 2.45) is 5.92 Å². The van der Waals surface area contributed by atoms with Gasteiger partial charge in [0.15, 0.2) is 0 Å². The summed E-state index contributed by atoms with van der Waals surface area (Å²) >= 11 is 1.48. The number of nitrogens with zero attached hydrogens (tertiary/aromatic N) is 1. The Kier molecular flexibility index (Phi) is 6.51. The van der Waals surface area contributed by atoms with Gasteiger partial charge < -0.3 is 10.1 Å². The van der Waals surface area contributed by atoms with E-state index in [1.54, 1.807) is 18.3 Å². The molecule has 116 valence electrons. The van der Waals surface area contributed by atoms with Gasteiger partial charge in [-0.05, 0) is 37.1 Å². The minimum absolute atomic E-state index is 0.0762. The summed E-state index contributed by atoms with van der Waals surface area (Å²) in [5.74, 6) is 0.559. The average Bonchev–Trinajstić information content (AvgIpc) is 2.52. The maximum absolute atomic E-state index is 12.1. The first-order chi connectivity index (χ1) is 10.2. The van der Waals surface area contributed by atoms with Crippen molar-refractivity contribution in [2.45, 2.75) is 43.7 Å². The zero-order chi connectivity index (χ0) is 15.1. The fraction of sp³-hybridized carbons (Fsp3) is 0.625. The Bertz CT molecular complexity index is 467. The predicted octanol–water partition coefficient (Wildman–Crippen LogP) is 3.13. The minimum atomic E-state index is -0.0762. The van der Waals surface area contributed by atoms with E-state index in [0.717, 1.165) is 11.4 Å². The van der Waals surface area contributed by atoms with Crippen molar-refractivity contribution >= 4 is 17.7 Å². The lowest BCUT2D eigenvalue weighted by atomic mass is 9.88. The number of aromatic nitrogens is 1. The highest BCUT2D eigenvalue weighted by atomic mass is 32.2. The number of ether oxygens (including phenoxy) is 1. The van der Waals surface area contributed by atoms with E-state index >= 15 is 0 Å². The molecule has 1 saturated carbocycles. The fourth-order valence-electron chi connectivity index (χ4n) is 2.73. The summed E-state index contributed by atoms with van der Waals surface area (Å²) in [6, 6.07) is 3.59. The van der Waals surface area contributed by atoms with E-state index in [1.165, 1.54) is 31.0 Å². The standard InChI is InChI=1S/C16H24N2O2S/c1-12-6-3-4-8-14(12)20-11-10-17-15(19)13-7-5-9-18-16(13)21-2/h5,7,9,12,14H,3-4,6,8,10-11H2,1-2H3,(H,17,19). The Morgan fingerprint density at radius 3 is 3.05 bits per heavy atom. The van der Waals surface area contributed by atoms with Crippen LogP contribution in [0.2, 0.25) is 0 Å². The van der Waals surface area contributed by atoms with Crippen LogP contribution in [0.4, 0.5) is 0 Å². The predicted molar refractivity (Wildman–Crippen MR) is 85.7 cm³/mol. The molecule has 2 unspecified atom stereocenters. The van der Waals surface area contributed by atoms with Crippen LogP contribution in [0.1, 0.15) is 43.0 Å². The summed E-state index contributed by atoms with van der Waals surface area (Å²) in [5.41, 5.74) is 0.635. The molecule has 4 nitrogen and oxygen atoms in total. The number of amides is 1. The van der Waals surface area contributed by atoms with Gasteiger partial charge in [-0.2, -0.15) is 0 Å². The molecule has 1 fully saturated rings. The Labute approximate surface area is 131 Å². The first kappa shape index (κ1) is 16.3. The Balaban J connectivity index is 1.74. The van der Waals surface area contributed by atoms with E-state index < -0.39 is 0 Å². The number of thioether (sulfide) groups is 1. The van der Waals surface area contributed by atoms with Crippen molar-refractivity contribution < 1.29 is 9.53 Å². The van der Waals surface area contributed by atoms with Gasteiger partial charge in [0.05, 0.1) is 18.3 Å². The quantitative estimate of drug-likeness (QED) is 0.648. The molecule has 0 saturated heterocycles. The van der Waals surface area contributed by atoms with Crippen LogP contribution in [0.25, 0.3) is 0 Å². The van der Waals surface area contributed by atoms with Gasteiger partial charge in [0.2, 0.25) is 0 Å². The van der Waals surface area contributed by atoms with E-state index in [2.05, 4.69) is 17.2 Å². The van der Waals surface area contributed by atoms with Crippen molar-refractivity contribution in [3.63, 3.8) is 0 Å². The number of carbonyl (C=O) groups excluding carboxylic acids is 1. The third-order valence-electron chi connectivity index (χ3n) is 3.96. The summed E-state index contributed by atoms with van der Waals surface area (Å²) in [6.07, 6.45) is 8.96. The summed E-state index contributed by atoms with van der Waals surface area (Å²) in [6.45, 7) is 3.38. The number of carbonyl (C=O) groups is 1. The van der Waals surface area contributed by atoms with E-state index in [0.29, 0.717) is 30.7 Å². The minimum Gasteiger partial charge on any atom is -0.376 e. The number of rotatable bonds is 6. The number of hydrogen-bond acceptors (Lipinski definition) is 4. The Hall–Kier alpha value is -1.07. The van der Waals surface area contributed by atoms with Crippen LogP contribution < -0.4 is 5.32 Å². The fourth-order valence-corrected chi connectivity index (χ4v) is 3.27. The van der Waals surface area contributed by atoms with Gasteiger partial charge in [-0.3, -0.25) is 4.79 Å². The molecule has 0 bridgehead atoms. The van der Waals surface area contributed by atoms with Gasteiger partial charge in [-0.15, -0.1) is 11.8 Å². The third kappa shape index (κ3) is 4.71. The molecule has 1 aliphatic carbocycles. The molecule has 0 aromatic carbocycles. The van der Waals surface area contributed by atoms with Crippen molar-refractivity contribution in [3.05, 3.63) is 23.9 Å². The van der Waals surface area contributed by atoms with Crippen molar-refractivity contribution in [3.8, 4) is 0 Å². The van der Waals surface area contributed by atoms with Crippen molar-refractivity contribution in [1.29, 1.82) is 0 Å². The molecule has 1 amide bonds. The van der Waals surface area contributed by atoms with Crippen LogP contribution in [-0.2, 0) is 4.74 Å². The second-order valence-corrected chi connectivity index (χ2v) is 6.28. The topological polar surface area (TPSA) is 51.2 Å². The number of hydrogen-bond donors (Lipinski definition) is 1. The van der Waals surface area contributed by atoms with E-state index in [9.17, 15) is 4.79 Å². The second kappa shape index (κ2) is 8.39. The maximum Gasteiger partial charge on any atom is 0.254 e. The molecule has 21 heavy (non-hydrogen) atoms. The lowest BCUT2D eigenvalue weighted by Crippen LogP contribution is -2.32. The molecule has 2 atom stereocenters. The zero-order valence-corrected chi connectivity index (χ0v) is 13.6. The first-order valence-electron chi connectivity index (χ1n) is 7.61. The Morgan fingerprint density at radius 2 is 2.29 bits per heavy atom. The van der Waals surface area contributed by atoms with Crippen LogP contribution in [0.5, 0.6) is 0 Å². The summed E-state index contributed by atoms with van der Waals surface area (Å²) in [4.78, 5) is 16.3. The van der Waals surface area contributed by atoms with Gasteiger partial charge in [-0.25, -0.2) is 4.98 Å². The van der Waals surface area contributed by atoms with Crippen molar-refractivity contribution in [2.75, 3.05) is 19.4 Å². The second-order valence-electron chi connectivity index (χ2n) is 5.49. The molecule has 0 radical (unpaired) electrons. The zero-order valence-electron chi connectivity index (χ0n) is 12.8. The molecule has 1 heterocycles. The van der Waals surface area contributed by atoms with E-state index in [1.807, 2.05) is 6.26 Å². The van der Waals surface area contributed by atoms with E-state index in [4.69, 9.17) is 4.74 Å². The van der Waals surface area contributed by atoms with Crippen LogP contribution in [0.15, 0.2) is 23.4 Å². The van der Waals surface area contributed by atoms with Crippen LogP contribution in [0.3, 0.4) is 0 Å². The molecule has 1 aliphatic rings. The SMILES string of the molecule is CSc1ncccc1C(=O)NCCOC1CCCCC1C. The Morgan fingerprint density at radius 1 is 1.48 bits per heavy atom. The number of nitrogens with one attached hydrogen (secondary N) is 1. The molecule has 1 aromatic heterocycles. The molecule has 1 aromatic rings. The van der Waals surface area contributed by atoms with Crippen molar-refractivity contribution in [1.82, 2.24) is 10.3 Å². The largest absolute Gasteiger partial charge is 0.376 e. The van der Waals surface area contributed by atoms with Gasteiger partial charge >= 0.3 is 0 Å². The van der Waals surface area contributed by atoms with Gasteiger partial charge in [-0.1, -0.05) is 19.8 Å². The molecular weight excluding hydrogens is 284 g/mol. The van der Waals surface area contributed by atoms with Gasteiger partial charge in [0, 0.05) is 12.7 Å². The number of pyridine rings is 1. The smallest absolute Gasteiger partial charge is 0.254 e. The van der Waals surface area contributed by atoms with Crippen LogP contribution >= 0.6 is 11.8 Å². The van der Waals surface area contributed by atoms with E-state index in [-0.39, 0.29) is 5.91 Å². The molecular formula is C16H24N2O2S. The third-order valence-corrected chi connectivity index (χ3v) is 4.67. The van der Waals surface area contributed by atoms with Crippen LogP contribution in [-0.4, -0.2) is 36.4 Å². The molecule has 0 aliphatic heterocycles. The molecule has 2 rings (SSSR count). The summed E-state index contributed by atoms with van der Waals surface area (Å²) < 4.78 is 5.90. The normalized spacial score (nSPS) is 22.0. The average molecular weight is 308 g/mol. The summed E-state index contributed by atoms with van der Waals surface area (Å²) in [7, 11) is 0. The first-order valence-corrected chi connectivity index (χ1v) is 8.83. The molecule has 0 spiro atoms. The highest BCUT2D eigenvalue weighted by molar-refractivity contribution is 7.98. The highest BCUT2D eigenvalue weighted by Crippen LogP contribution is 2.26. The maximum atomic E-state index is 12.1. The highest BCUT2D eigenvalue weighted by Gasteiger charge is 2.21.